The van der Waals surface area contributed by atoms with Crippen LogP contribution in [0.3, 0.4) is 0 Å². The van der Waals surface area contributed by atoms with E-state index in [2.05, 4.69) is 0 Å². The SMILES string of the molecule is CN(C(=O)c1cccc(C(=O)O)c1)C1CCS(=O)(=O)C1. The number of carboxylic acid groups (broad SMARTS) is 1. The van der Waals surface area contributed by atoms with Crippen molar-refractivity contribution in [3.63, 3.8) is 0 Å². The third-order valence-corrected chi connectivity index (χ3v) is 5.18. The summed E-state index contributed by atoms with van der Waals surface area (Å²) >= 11 is 0. The molecule has 0 spiro atoms. The van der Waals surface area contributed by atoms with Crippen LogP contribution in [0.15, 0.2) is 24.3 Å². The molecule has 1 aliphatic heterocycles. The Balaban J connectivity index is 2.19. The van der Waals surface area contributed by atoms with Crippen LogP contribution in [-0.4, -0.2) is 54.9 Å². The highest BCUT2D eigenvalue weighted by molar-refractivity contribution is 7.91. The van der Waals surface area contributed by atoms with Crippen molar-refractivity contribution in [2.24, 2.45) is 0 Å². The summed E-state index contributed by atoms with van der Waals surface area (Å²) in [6.07, 6.45) is 0.420. The Labute approximate surface area is 116 Å². The summed E-state index contributed by atoms with van der Waals surface area (Å²) in [4.78, 5) is 24.5. The first-order valence-electron chi connectivity index (χ1n) is 6.11. The summed E-state index contributed by atoms with van der Waals surface area (Å²) in [6.45, 7) is 0. The van der Waals surface area contributed by atoms with Crippen molar-refractivity contribution in [3.8, 4) is 0 Å². The summed E-state index contributed by atoms with van der Waals surface area (Å²) in [5.41, 5.74) is 0.278. The Morgan fingerprint density at radius 1 is 1.30 bits per heavy atom. The number of hydrogen-bond donors (Lipinski definition) is 1. The van der Waals surface area contributed by atoms with E-state index in [1.165, 1.54) is 29.2 Å². The molecular formula is C13H15NO5S. The average molecular weight is 297 g/mol. The Morgan fingerprint density at radius 3 is 2.50 bits per heavy atom. The second-order valence-electron chi connectivity index (χ2n) is 4.86. The first kappa shape index (κ1) is 14.5. The topological polar surface area (TPSA) is 91.8 Å². The molecule has 7 heteroatoms. The van der Waals surface area contributed by atoms with E-state index in [4.69, 9.17) is 5.11 Å². The van der Waals surface area contributed by atoms with Crippen LogP contribution >= 0.6 is 0 Å². The monoisotopic (exact) mass is 297 g/mol. The van der Waals surface area contributed by atoms with E-state index in [9.17, 15) is 18.0 Å². The molecule has 6 nitrogen and oxygen atoms in total. The van der Waals surface area contributed by atoms with Gasteiger partial charge in [-0.2, -0.15) is 0 Å². The highest BCUT2D eigenvalue weighted by Crippen LogP contribution is 2.19. The van der Waals surface area contributed by atoms with Crippen molar-refractivity contribution in [1.29, 1.82) is 0 Å². The van der Waals surface area contributed by atoms with Gasteiger partial charge < -0.3 is 10.0 Å². The highest BCUT2D eigenvalue weighted by atomic mass is 32.2. The summed E-state index contributed by atoms with van der Waals surface area (Å²) < 4.78 is 22.9. The smallest absolute Gasteiger partial charge is 0.335 e. The predicted molar refractivity (Wildman–Crippen MR) is 72.6 cm³/mol. The van der Waals surface area contributed by atoms with Crippen molar-refractivity contribution >= 4 is 21.7 Å². The fraction of sp³-hybridized carbons (Fsp3) is 0.385. The van der Waals surface area contributed by atoms with Crippen molar-refractivity contribution in [2.75, 3.05) is 18.6 Å². The maximum absolute atomic E-state index is 12.3. The minimum Gasteiger partial charge on any atom is -0.478 e. The first-order chi connectivity index (χ1) is 9.30. The number of carbonyl (C=O) groups excluding carboxylic acids is 1. The van der Waals surface area contributed by atoms with Crippen molar-refractivity contribution in [1.82, 2.24) is 4.90 Å². The van der Waals surface area contributed by atoms with Crippen LogP contribution in [0, 0.1) is 0 Å². The van der Waals surface area contributed by atoms with Gasteiger partial charge >= 0.3 is 5.97 Å². The van der Waals surface area contributed by atoms with Crippen molar-refractivity contribution < 1.29 is 23.1 Å². The number of sulfone groups is 1. The molecule has 108 valence electrons. The van der Waals surface area contributed by atoms with Gasteiger partial charge in [0, 0.05) is 18.7 Å². The molecule has 1 atom stereocenters. The van der Waals surface area contributed by atoms with Gasteiger partial charge in [-0.3, -0.25) is 4.79 Å². The van der Waals surface area contributed by atoms with Crippen LogP contribution < -0.4 is 0 Å². The van der Waals surface area contributed by atoms with Crippen molar-refractivity contribution in [2.45, 2.75) is 12.5 Å². The molecule has 0 bridgehead atoms. The van der Waals surface area contributed by atoms with Gasteiger partial charge in [0.15, 0.2) is 9.84 Å². The van der Waals surface area contributed by atoms with Gasteiger partial charge in [-0.15, -0.1) is 0 Å². The Kier molecular flexibility index (Phi) is 3.80. The van der Waals surface area contributed by atoms with Crippen LogP contribution in [0.5, 0.6) is 0 Å². The zero-order valence-corrected chi connectivity index (χ0v) is 11.8. The average Bonchev–Trinajstić information content (AvgIpc) is 2.77. The maximum Gasteiger partial charge on any atom is 0.335 e. The highest BCUT2D eigenvalue weighted by Gasteiger charge is 2.33. The molecule has 1 aromatic carbocycles. The van der Waals surface area contributed by atoms with E-state index in [0.717, 1.165) is 0 Å². The summed E-state index contributed by atoms with van der Waals surface area (Å²) in [6, 6.07) is 5.37. The molecule has 0 radical (unpaired) electrons. The number of amides is 1. The van der Waals surface area contributed by atoms with Gasteiger partial charge in [0.05, 0.1) is 17.1 Å². The lowest BCUT2D eigenvalue weighted by Gasteiger charge is -2.23. The van der Waals surface area contributed by atoms with Crippen LogP contribution in [0.2, 0.25) is 0 Å². The van der Waals surface area contributed by atoms with Crippen molar-refractivity contribution in [3.05, 3.63) is 35.4 Å². The molecule has 1 amide bonds. The molecule has 1 aromatic rings. The quantitative estimate of drug-likeness (QED) is 0.884. The summed E-state index contributed by atoms with van der Waals surface area (Å²) in [5, 5.41) is 8.91. The molecule has 20 heavy (non-hydrogen) atoms. The van der Waals surface area contributed by atoms with Crippen LogP contribution in [0.1, 0.15) is 27.1 Å². The number of rotatable bonds is 3. The predicted octanol–water partition coefficient (Wildman–Crippen LogP) is 0.644. The van der Waals surface area contributed by atoms with E-state index < -0.39 is 15.8 Å². The minimum atomic E-state index is -3.07. The molecule has 0 saturated carbocycles. The normalized spacial score (nSPS) is 20.6. The first-order valence-corrected chi connectivity index (χ1v) is 7.93. The van der Waals surface area contributed by atoms with E-state index in [1.807, 2.05) is 0 Å². The minimum absolute atomic E-state index is 0.0308. The van der Waals surface area contributed by atoms with Gasteiger partial charge in [-0.05, 0) is 24.6 Å². The zero-order valence-electron chi connectivity index (χ0n) is 10.9. The summed E-state index contributed by atoms with van der Waals surface area (Å²) in [5.74, 6) is -1.42. The number of aromatic carboxylic acids is 1. The number of nitrogens with zero attached hydrogens (tertiary/aromatic N) is 1. The van der Waals surface area contributed by atoms with Crippen LogP contribution in [0.4, 0.5) is 0 Å². The lowest BCUT2D eigenvalue weighted by atomic mass is 10.1. The Hall–Kier alpha value is -1.89. The summed E-state index contributed by atoms with van der Waals surface area (Å²) in [7, 11) is -1.52. The van der Waals surface area contributed by atoms with Gasteiger partial charge in [0.2, 0.25) is 0 Å². The molecule has 1 fully saturated rings. The molecule has 1 aliphatic rings. The Bertz CT molecular complexity index is 652. The van der Waals surface area contributed by atoms with Gasteiger partial charge in [-0.25, -0.2) is 13.2 Å². The third kappa shape index (κ3) is 2.98. The number of benzene rings is 1. The number of hydrogen-bond acceptors (Lipinski definition) is 4. The largest absolute Gasteiger partial charge is 0.478 e. The third-order valence-electron chi connectivity index (χ3n) is 3.43. The molecule has 0 aliphatic carbocycles. The Morgan fingerprint density at radius 2 is 1.95 bits per heavy atom. The van der Waals surface area contributed by atoms with E-state index in [1.54, 1.807) is 7.05 Å². The molecule has 0 aromatic heterocycles. The molecule has 1 unspecified atom stereocenters. The van der Waals surface area contributed by atoms with Crippen LogP contribution in [0.25, 0.3) is 0 Å². The van der Waals surface area contributed by atoms with E-state index in [0.29, 0.717) is 6.42 Å². The molecule has 1 saturated heterocycles. The molecule has 2 rings (SSSR count). The lowest BCUT2D eigenvalue weighted by Crippen LogP contribution is -2.37. The number of carbonyl (C=O) groups is 2. The molecule has 1 heterocycles. The van der Waals surface area contributed by atoms with Gasteiger partial charge in [-0.1, -0.05) is 6.07 Å². The van der Waals surface area contributed by atoms with Gasteiger partial charge in [0.25, 0.3) is 5.91 Å². The zero-order chi connectivity index (χ0) is 14.9. The standard InChI is InChI=1S/C13H15NO5S/c1-14(11-5-6-20(18,19)8-11)12(15)9-3-2-4-10(7-9)13(16)17/h2-4,7,11H,5-6,8H2,1H3,(H,16,17). The fourth-order valence-corrected chi connectivity index (χ4v) is 4.01. The van der Waals surface area contributed by atoms with E-state index >= 15 is 0 Å². The second kappa shape index (κ2) is 5.24. The fourth-order valence-electron chi connectivity index (χ4n) is 2.24. The molecular weight excluding hydrogens is 282 g/mol. The molecule has 1 N–H and O–H groups in total. The van der Waals surface area contributed by atoms with Gasteiger partial charge in [0.1, 0.15) is 0 Å². The van der Waals surface area contributed by atoms with Crippen LogP contribution in [-0.2, 0) is 9.84 Å². The maximum atomic E-state index is 12.3. The second-order valence-corrected chi connectivity index (χ2v) is 7.09. The van der Waals surface area contributed by atoms with E-state index in [-0.39, 0.29) is 34.6 Å². The number of carboxylic acids is 1. The lowest BCUT2D eigenvalue weighted by molar-refractivity contribution is 0.0697.